The number of hydrogen-bond donors (Lipinski definition) is 1. The molecule has 1 heterocycles. The van der Waals surface area contributed by atoms with Crippen molar-refractivity contribution < 1.29 is 4.74 Å². The van der Waals surface area contributed by atoms with Gasteiger partial charge in [-0.3, -0.25) is 0 Å². The van der Waals surface area contributed by atoms with Crippen LogP contribution in [0, 0.1) is 5.92 Å². The Hall–Kier alpha value is -1.02. The third-order valence-electron chi connectivity index (χ3n) is 4.25. The summed E-state index contributed by atoms with van der Waals surface area (Å²) >= 11 is 0. The van der Waals surface area contributed by atoms with Gasteiger partial charge in [0.25, 0.3) is 0 Å². The summed E-state index contributed by atoms with van der Waals surface area (Å²) in [6, 6.07) is 9.07. The number of fused-ring (bicyclic) bond motifs is 1. The molecule has 0 saturated heterocycles. The van der Waals surface area contributed by atoms with E-state index < -0.39 is 0 Å². The maximum absolute atomic E-state index is 5.71. The van der Waals surface area contributed by atoms with E-state index in [-0.39, 0.29) is 0 Å². The normalized spacial score (nSPS) is 21.3. The van der Waals surface area contributed by atoms with E-state index in [9.17, 15) is 0 Å². The van der Waals surface area contributed by atoms with E-state index >= 15 is 0 Å². The first kappa shape index (κ1) is 14.4. The predicted octanol–water partition coefficient (Wildman–Crippen LogP) is 3.97. The smallest absolute Gasteiger partial charge is 0.122 e. The summed E-state index contributed by atoms with van der Waals surface area (Å²) in [6.07, 6.45) is 3.66. The van der Waals surface area contributed by atoms with E-state index in [1.54, 1.807) is 0 Å². The van der Waals surface area contributed by atoms with Gasteiger partial charge in [0.1, 0.15) is 5.75 Å². The molecule has 0 spiro atoms. The molecule has 19 heavy (non-hydrogen) atoms. The van der Waals surface area contributed by atoms with Gasteiger partial charge in [-0.05, 0) is 37.3 Å². The van der Waals surface area contributed by atoms with Crippen molar-refractivity contribution in [2.45, 2.75) is 52.0 Å². The van der Waals surface area contributed by atoms with Gasteiger partial charge in [-0.2, -0.15) is 0 Å². The Labute approximate surface area is 117 Å². The standard InChI is InChI=1S/C17H27NO/c1-4-13(2)11-14(3)18-12-15-9-10-19-17-8-6-5-7-16(15)17/h5-8,13-15,18H,4,9-12H2,1-3H3. The Morgan fingerprint density at radius 1 is 1.32 bits per heavy atom. The predicted molar refractivity (Wildman–Crippen MR) is 80.8 cm³/mol. The molecule has 0 radical (unpaired) electrons. The summed E-state index contributed by atoms with van der Waals surface area (Å²) in [5, 5.41) is 3.70. The molecule has 2 heteroatoms. The highest BCUT2D eigenvalue weighted by atomic mass is 16.5. The highest BCUT2D eigenvalue weighted by Crippen LogP contribution is 2.32. The van der Waals surface area contributed by atoms with E-state index in [0.717, 1.165) is 31.2 Å². The van der Waals surface area contributed by atoms with Crippen LogP contribution in [0.5, 0.6) is 5.75 Å². The maximum Gasteiger partial charge on any atom is 0.122 e. The zero-order chi connectivity index (χ0) is 13.7. The van der Waals surface area contributed by atoms with E-state index in [2.05, 4.69) is 50.4 Å². The number of ether oxygens (including phenoxy) is 1. The number of rotatable bonds is 6. The zero-order valence-corrected chi connectivity index (χ0v) is 12.5. The molecular formula is C17H27NO. The summed E-state index contributed by atoms with van der Waals surface area (Å²) in [7, 11) is 0. The van der Waals surface area contributed by atoms with E-state index in [4.69, 9.17) is 4.74 Å². The molecule has 0 bridgehead atoms. The summed E-state index contributed by atoms with van der Waals surface area (Å²) in [5.41, 5.74) is 1.37. The SMILES string of the molecule is CCC(C)CC(C)NCC1CCOc2ccccc21. The van der Waals surface area contributed by atoms with Gasteiger partial charge >= 0.3 is 0 Å². The largest absolute Gasteiger partial charge is 0.493 e. The fourth-order valence-corrected chi connectivity index (χ4v) is 2.82. The molecule has 0 fully saturated rings. The fourth-order valence-electron chi connectivity index (χ4n) is 2.82. The van der Waals surface area contributed by atoms with E-state index in [1.807, 2.05) is 0 Å². The van der Waals surface area contributed by atoms with Crippen molar-refractivity contribution in [3.63, 3.8) is 0 Å². The third-order valence-corrected chi connectivity index (χ3v) is 4.25. The minimum atomic E-state index is 0.601. The van der Waals surface area contributed by atoms with Crippen molar-refractivity contribution >= 4 is 0 Å². The van der Waals surface area contributed by atoms with Gasteiger partial charge in [-0.1, -0.05) is 38.5 Å². The lowest BCUT2D eigenvalue weighted by atomic mass is 9.92. The first-order valence-corrected chi connectivity index (χ1v) is 7.65. The lowest BCUT2D eigenvalue weighted by Crippen LogP contribution is -2.33. The highest BCUT2D eigenvalue weighted by molar-refractivity contribution is 5.37. The molecule has 2 rings (SSSR count). The molecule has 3 unspecified atom stereocenters. The summed E-state index contributed by atoms with van der Waals surface area (Å²) < 4.78 is 5.71. The van der Waals surface area contributed by atoms with Crippen molar-refractivity contribution in [3.05, 3.63) is 29.8 Å². The summed E-state index contributed by atoms with van der Waals surface area (Å²) in [4.78, 5) is 0. The van der Waals surface area contributed by atoms with Crippen LogP contribution in [0.4, 0.5) is 0 Å². The Bertz CT molecular complexity index is 391. The molecule has 0 saturated carbocycles. The number of benzene rings is 1. The van der Waals surface area contributed by atoms with Crippen LogP contribution in [0.2, 0.25) is 0 Å². The van der Waals surface area contributed by atoms with Crippen LogP contribution >= 0.6 is 0 Å². The number of hydrogen-bond acceptors (Lipinski definition) is 2. The summed E-state index contributed by atoms with van der Waals surface area (Å²) in [6.45, 7) is 8.83. The average Bonchev–Trinajstić information content (AvgIpc) is 2.44. The second-order valence-electron chi connectivity index (χ2n) is 5.93. The van der Waals surface area contributed by atoms with Gasteiger partial charge in [0, 0.05) is 18.5 Å². The van der Waals surface area contributed by atoms with Crippen LogP contribution in [0.15, 0.2) is 24.3 Å². The molecule has 1 aromatic rings. The van der Waals surface area contributed by atoms with Crippen molar-refractivity contribution in [2.24, 2.45) is 5.92 Å². The monoisotopic (exact) mass is 261 g/mol. The van der Waals surface area contributed by atoms with Gasteiger partial charge in [0.2, 0.25) is 0 Å². The molecular weight excluding hydrogens is 234 g/mol. The Morgan fingerprint density at radius 3 is 2.89 bits per heavy atom. The molecule has 1 aliphatic rings. The van der Waals surface area contributed by atoms with Crippen molar-refractivity contribution in [1.29, 1.82) is 0 Å². The van der Waals surface area contributed by atoms with Crippen LogP contribution in [0.25, 0.3) is 0 Å². The topological polar surface area (TPSA) is 21.3 Å². The molecule has 3 atom stereocenters. The molecule has 0 amide bonds. The molecule has 106 valence electrons. The van der Waals surface area contributed by atoms with Gasteiger partial charge in [0.15, 0.2) is 0 Å². The zero-order valence-electron chi connectivity index (χ0n) is 12.5. The molecule has 0 aliphatic carbocycles. The number of para-hydroxylation sites is 1. The molecule has 1 aliphatic heterocycles. The van der Waals surface area contributed by atoms with Crippen molar-refractivity contribution in [1.82, 2.24) is 5.32 Å². The minimum absolute atomic E-state index is 0.601. The second kappa shape index (κ2) is 6.95. The maximum atomic E-state index is 5.71. The van der Waals surface area contributed by atoms with Crippen LogP contribution in [-0.2, 0) is 0 Å². The molecule has 0 aromatic heterocycles. The second-order valence-corrected chi connectivity index (χ2v) is 5.93. The Kier molecular flexibility index (Phi) is 5.26. The molecule has 2 nitrogen and oxygen atoms in total. The van der Waals surface area contributed by atoms with Gasteiger partial charge in [-0.15, -0.1) is 0 Å². The summed E-state index contributed by atoms with van der Waals surface area (Å²) in [5.74, 6) is 2.49. The fraction of sp³-hybridized carbons (Fsp3) is 0.647. The quantitative estimate of drug-likeness (QED) is 0.836. The Balaban J connectivity index is 1.87. The van der Waals surface area contributed by atoms with Gasteiger partial charge in [-0.25, -0.2) is 0 Å². The van der Waals surface area contributed by atoms with Crippen molar-refractivity contribution in [3.8, 4) is 5.75 Å². The minimum Gasteiger partial charge on any atom is -0.493 e. The third kappa shape index (κ3) is 3.97. The van der Waals surface area contributed by atoms with E-state index in [0.29, 0.717) is 12.0 Å². The average molecular weight is 261 g/mol. The van der Waals surface area contributed by atoms with Crippen LogP contribution in [0.1, 0.15) is 51.5 Å². The van der Waals surface area contributed by atoms with E-state index in [1.165, 1.54) is 18.4 Å². The van der Waals surface area contributed by atoms with Crippen LogP contribution in [0.3, 0.4) is 0 Å². The van der Waals surface area contributed by atoms with Crippen LogP contribution in [-0.4, -0.2) is 19.2 Å². The molecule has 1 N–H and O–H groups in total. The molecule has 1 aromatic carbocycles. The lowest BCUT2D eigenvalue weighted by molar-refractivity contribution is 0.261. The first-order chi connectivity index (χ1) is 9.20. The first-order valence-electron chi connectivity index (χ1n) is 7.65. The van der Waals surface area contributed by atoms with Crippen molar-refractivity contribution in [2.75, 3.05) is 13.2 Å². The lowest BCUT2D eigenvalue weighted by Gasteiger charge is -2.28. The number of nitrogens with one attached hydrogen (secondary N) is 1. The highest BCUT2D eigenvalue weighted by Gasteiger charge is 2.21. The Morgan fingerprint density at radius 2 is 2.11 bits per heavy atom. The van der Waals surface area contributed by atoms with Gasteiger partial charge < -0.3 is 10.1 Å². The van der Waals surface area contributed by atoms with Gasteiger partial charge in [0.05, 0.1) is 6.61 Å². The van der Waals surface area contributed by atoms with Crippen LogP contribution < -0.4 is 10.1 Å².